The third kappa shape index (κ3) is 3.19. The van der Waals surface area contributed by atoms with Crippen LogP contribution in [-0.4, -0.2) is 43.7 Å². The Morgan fingerprint density at radius 3 is 2.24 bits per heavy atom. The standard InChI is InChI=1S/C13H26N2O2/c1-4-13(5-2)6-8-15(9-7-13)12(16)11(10-14)17-3/h11H,4-10,14H2,1-3H3. The molecule has 4 nitrogen and oxygen atoms in total. The second-order valence-corrected chi connectivity index (χ2v) is 4.99. The zero-order chi connectivity index (χ0) is 12.9. The lowest BCUT2D eigenvalue weighted by atomic mass is 9.74. The van der Waals surface area contributed by atoms with Gasteiger partial charge in [-0.1, -0.05) is 26.7 Å². The molecule has 100 valence electrons. The molecule has 0 aliphatic carbocycles. The van der Waals surface area contributed by atoms with Crippen molar-refractivity contribution in [1.82, 2.24) is 4.90 Å². The number of carbonyl (C=O) groups is 1. The van der Waals surface area contributed by atoms with Gasteiger partial charge in [0.1, 0.15) is 6.10 Å². The molecular formula is C13H26N2O2. The van der Waals surface area contributed by atoms with Gasteiger partial charge in [-0.15, -0.1) is 0 Å². The molecule has 1 unspecified atom stereocenters. The van der Waals surface area contributed by atoms with Crippen LogP contribution in [0, 0.1) is 5.41 Å². The number of likely N-dealkylation sites (tertiary alicyclic amines) is 1. The van der Waals surface area contributed by atoms with E-state index in [9.17, 15) is 4.79 Å². The Kier molecular flexibility index (Phi) is 5.40. The Hall–Kier alpha value is -0.610. The van der Waals surface area contributed by atoms with Crippen molar-refractivity contribution in [1.29, 1.82) is 0 Å². The molecule has 1 aliphatic heterocycles. The molecule has 1 saturated heterocycles. The van der Waals surface area contributed by atoms with Gasteiger partial charge in [-0.25, -0.2) is 0 Å². The fourth-order valence-corrected chi connectivity index (χ4v) is 2.66. The number of nitrogens with two attached hydrogens (primary N) is 1. The summed E-state index contributed by atoms with van der Waals surface area (Å²) in [4.78, 5) is 14.0. The van der Waals surface area contributed by atoms with Crippen LogP contribution in [0.2, 0.25) is 0 Å². The maximum atomic E-state index is 12.1. The Balaban J connectivity index is 2.54. The number of hydrogen-bond acceptors (Lipinski definition) is 3. The van der Waals surface area contributed by atoms with E-state index in [1.165, 1.54) is 12.8 Å². The van der Waals surface area contributed by atoms with E-state index in [2.05, 4.69) is 13.8 Å². The molecule has 1 atom stereocenters. The molecular weight excluding hydrogens is 216 g/mol. The minimum Gasteiger partial charge on any atom is -0.370 e. The molecule has 0 aromatic heterocycles. The molecule has 1 amide bonds. The van der Waals surface area contributed by atoms with Crippen molar-refractivity contribution in [2.75, 3.05) is 26.7 Å². The number of rotatable bonds is 5. The quantitative estimate of drug-likeness (QED) is 0.792. The van der Waals surface area contributed by atoms with Gasteiger partial charge in [-0.3, -0.25) is 4.79 Å². The van der Waals surface area contributed by atoms with E-state index in [1.807, 2.05) is 4.90 Å². The summed E-state index contributed by atoms with van der Waals surface area (Å²) in [5.74, 6) is 0.0517. The van der Waals surface area contributed by atoms with E-state index < -0.39 is 6.10 Å². The molecule has 1 aliphatic rings. The number of nitrogens with zero attached hydrogens (tertiary/aromatic N) is 1. The average Bonchev–Trinajstić information content (AvgIpc) is 2.40. The summed E-state index contributed by atoms with van der Waals surface area (Å²) in [5, 5.41) is 0. The third-order valence-corrected chi connectivity index (χ3v) is 4.41. The van der Waals surface area contributed by atoms with Crippen molar-refractivity contribution in [3.8, 4) is 0 Å². The first-order chi connectivity index (χ1) is 8.12. The van der Waals surface area contributed by atoms with Gasteiger partial charge < -0.3 is 15.4 Å². The topological polar surface area (TPSA) is 55.6 Å². The molecule has 0 spiro atoms. The van der Waals surface area contributed by atoms with Gasteiger partial charge in [0.05, 0.1) is 0 Å². The van der Waals surface area contributed by atoms with Crippen molar-refractivity contribution in [2.45, 2.75) is 45.6 Å². The van der Waals surface area contributed by atoms with Gasteiger partial charge in [0.2, 0.25) is 0 Å². The number of ether oxygens (including phenoxy) is 1. The molecule has 0 saturated carbocycles. The summed E-state index contributed by atoms with van der Waals surface area (Å²) in [5.41, 5.74) is 5.97. The first-order valence-electron chi connectivity index (χ1n) is 6.64. The van der Waals surface area contributed by atoms with Crippen LogP contribution in [0.4, 0.5) is 0 Å². The predicted molar refractivity (Wildman–Crippen MR) is 68.7 cm³/mol. The van der Waals surface area contributed by atoms with Gasteiger partial charge in [0.15, 0.2) is 0 Å². The molecule has 0 aromatic rings. The lowest BCUT2D eigenvalue weighted by Crippen LogP contribution is -2.49. The fraction of sp³-hybridized carbons (Fsp3) is 0.923. The summed E-state index contributed by atoms with van der Waals surface area (Å²) < 4.78 is 5.10. The Labute approximate surface area is 104 Å². The minimum absolute atomic E-state index is 0.0517. The smallest absolute Gasteiger partial charge is 0.253 e. The number of amides is 1. The van der Waals surface area contributed by atoms with Gasteiger partial charge in [0.25, 0.3) is 5.91 Å². The van der Waals surface area contributed by atoms with Crippen LogP contribution in [-0.2, 0) is 9.53 Å². The molecule has 1 rings (SSSR count). The first-order valence-corrected chi connectivity index (χ1v) is 6.64. The highest BCUT2D eigenvalue weighted by Crippen LogP contribution is 2.37. The van der Waals surface area contributed by atoms with Crippen molar-refractivity contribution in [2.24, 2.45) is 11.1 Å². The van der Waals surface area contributed by atoms with E-state index in [0.29, 0.717) is 5.41 Å². The Bertz CT molecular complexity index is 238. The maximum Gasteiger partial charge on any atom is 0.253 e. The summed E-state index contributed by atoms with van der Waals surface area (Å²) in [6.07, 6.45) is 4.15. The highest BCUT2D eigenvalue weighted by Gasteiger charge is 2.34. The SMILES string of the molecule is CCC1(CC)CCN(C(=O)C(CN)OC)CC1. The second kappa shape index (κ2) is 6.36. The van der Waals surface area contributed by atoms with Crippen molar-refractivity contribution in [3.05, 3.63) is 0 Å². The second-order valence-electron chi connectivity index (χ2n) is 4.99. The number of methoxy groups -OCH3 is 1. The van der Waals surface area contributed by atoms with E-state index in [4.69, 9.17) is 10.5 Å². The number of hydrogen-bond donors (Lipinski definition) is 1. The summed E-state index contributed by atoms with van der Waals surface area (Å²) in [7, 11) is 1.54. The molecule has 4 heteroatoms. The van der Waals surface area contributed by atoms with Gasteiger partial charge in [-0.2, -0.15) is 0 Å². The van der Waals surface area contributed by atoms with Gasteiger partial charge in [-0.05, 0) is 18.3 Å². The lowest BCUT2D eigenvalue weighted by Gasteiger charge is -2.41. The largest absolute Gasteiger partial charge is 0.370 e. The van der Waals surface area contributed by atoms with Crippen molar-refractivity contribution in [3.63, 3.8) is 0 Å². The van der Waals surface area contributed by atoms with Crippen LogP contribution in [0.1, 0.15) is 39.5 Å². The molecule has 1 fully saturated rings. The van der Waals surface area contributed by atoms with E-state index in [-0.39, 0.29) is 12.5 Å². The van der Waals surface area contributed by atoms with Gasteiger partial charge in [0, 0.05) is 26.7 Å². The Morgan fingerprint density at radius 1 is 1.35 bits per heavy atom. The molecule has 0 bridgehead atoms. The number of carbonyl (C=O) groups excluding carboxylic acids is 1. The normalized spacial score (nSPS) is 21.3. The van der Waals surface area contributed by atoms with Crippen LogP contribution < -0.4 is 5.73 Å². The highest BCUT2D eigenvalue weighted by atomic mass is 16.5. The molecule has 0 radical (unpaired) electrons. The predicted octanol–water partition coefficient (Wildman–Crippen LogP) is 1.39. The molecule has 0 aromatic carbocycles. The van der Waals surface area contributed by atoms with Crippen LogP contribution in [0.3, 0.4) is 0 Å². The highest BCUT2D eigenvalue weighted by molar-refractivity contribution is 5.81. The average molecular weight is 242 g/mol. The number of piperidine rings is 1. The van der Waals surface area contributed by atoms with Crippen LogP contribution in [0.25, 0.3) is 0 Å². The zero-order valence-electron chi connectivity index (χ0n) is 11.4. The Morgan fingerprint density at radius 2 is 1.88 bits per heavy atom. The molecule has 1 heterocycles. The molecule has 17 heavy (non-hydrogen) atoms. The summed E-state index contributed by atoms with van der Waals surface area (Å²) in [6.45, 7) is 6.46. The van der Waals surface area contributed by atoms with Crippen LogP contribution in [0.15, 0.2) is 0 Å². The van der Waals surface area contributed by atoms with Crippen molar-refractivity contribution >= 4 is 5.91 Å². The van der Waals surface area contributed by atoms with Crippen LogP contribution >= 0.6 is 0 Å². The van der Waals surface area contributed by atoms with Crippen LogP contribution in [0.5, 0.6) is 0 Å². The maximum absolute atomic E-state index is 12.1. The third-order valence-electron chi connectivity index (χ3n) is 4.41. The minimum atomic E-state index is -0.467. The van der Waals surface area contributed by atoms with E-state index >= 15 is 0 Å². The summed E-state index contributed by atoms with van der Waals surface area (Å²) in [6, 6.07) is 0. The lowest BCUT2D eigenvalue weighted by molar-refractivity contribution is -0.143. The molecule has 2 N–H and O–H groups in total. The fourth-order valence-electron chi connectivity index (χ4n) is 2.66. The monoisotopic (exact) mass is 242 g/mol. The van der Waals surface area contributed by atoms with E-state index in [0.717, 1.165) is 25.9 Å². The van der Waals surface area contributed by atoms with Gasteiger partial charge >= 0.3 is 0 Å². The van der Waals surface area contributed by atoms with Crippen molar-refractivity contribution < 1.29 is 9.53 Å². The first kappa shape index (κ1) is 14.5. The zero-order valence-corrected chi connectivity index (χ0v) is 11.4. The summed E-state index contributed by atoms with van der Waals surface area (Å²) >= 11 is 0. The van der Waals surface area contributed by atoms with E-state index in [1.54, 1.807) is 7.11 Å².